The van der Waals surface area contributed by atoms with Gasteiger partial charge in [0.1, 0.15) is 11.3 Å². The molecule has 198 valence electrons. The molecule has 3 aromatic rings. The van der Waals surface area contributed by atoms with E-state index in [0.29, 0.717) is 30.0 Å². The first-order chi connectivity index (χ1) is 17.7. The van der Waals surface area contributed by atoms with Crippen molar-refractivity contribution in [2.75, 3.05) is 30.3 Å². The molecule has 2 aromatic carbocycles. The lowest BCUT2D eigenvalue weighted by molar-refractivity contribution is -0.383. The zero-order valence-corrected chi connectivity index (χ0v) is 20.4. The molecule has 2 heterocycles. The van der Waals surface area contributed by atoms with Gasteiger partial charge in [0, 0.05) is 25.7 Å². The first-order valence-electron chi connectivity index (χ1n) is 12.7. The van der Waals surface area contributed by atoms with Gasteiger partial charge in [0.15, 0.2) is 0 Å². The molecule has 0 radical (unpaired) electrons. The van der Waals surface area contributed by atoms with Gasteiger partial charge in [0.25, 0.3) is 0 Å². The first kappa shape index (κ1) is 25.3. The molecule has 0 spiro atoms. The summed E-state index contributed by atoms with van der Waals surface area (Å²) in [6.45, 7) is 0.548. The molecular weight excluding hydrogens is 487 g/mol. The summed E-state index contributed by atoms with van der Waals surface area (Å²) in [6.07, 6.45) is 3.57. The monoisotopic (exact) mass is 517 g/mol. The van der Waals surface area contributed by atoms with Crippen LogP contribution in [0, 0.1) is 16.0 Å². The third-order valence-corrected chi connectivity index (χ3v) is 7.85. The molecule has 1 saturated heterocycles. The average molecular weight is 518 g/mol. The smallest absolute Gasteiger partial charge is 0.396 e. The average Bonchev–Trinajstić information content (AvgIpc) is 3.31. The number of nitrogen functional groups attached to an aromatic ring is 1. The highest BCUT2D eigenvalue weighted by Crippen LogP contribution is 2.49. The first-order valence-corrected chi connectivity index (χ1v) is 12.7. The van der Waals surface area contributed by atoms with Gasteiger partial charge in [-0.25, -0.2) is 4.98 Å². The molecule has 0 amide bonds. The number of piperidine rings is 1. The van der Waals surface area contributed by atoms with E-state index in [1.165, 1.54) is 12.5 Å². The second-order valence-corrected chi connectivity index (χ2v) is 10.1. The summed E-state index contributed by atoms with van der Waals surface area (Å²) in [7, 11) is 0. The second kappa shape index (κ2) is 9.85. The summed E-state index contributed by atoms with van der Waals surface area (Å²) in [6, 6.07) is 6.80. The van der Waals surface area contributed by atoms with Gasteiger partial charge in [-0.05, 0) is 55.4 Å². The molecule has 8 nitrogen and oxygen atoms in total. The van der Waals surface area contributed by atoms with Gasteiger partial charge in [-0.3, -0.25) is 10.1 Å². The molecule has 1 saturated carbocycles. The number of hydrogen-bond acceptors (Lipinski definition) is 6. The third kappa shape index (κ3) is 4.72. The minimum atomic E-state index is -4.88. The summed E-state index contributed by atoms with van der Waals surface area (Å²) in [5.41, 5.74) is 4.87. The highest BCUT2D eigenvalue weighted by Gasteiger charge is 2.42. The van der Waals surface area contributed by atoms with Crippen molar-refractivity contribution in [3.05, 3.63) is 46.3 Å². The Kier molecular flexibility index (Phi) is 6.74. The van der Waals surface area contributed by atoms with Crippen LogP contribution in [0.25, 0.3) is 22.2 Å². The Labute approximate surface area is 212 Å². The molecule has 1 aliphatic carbocycles. The van der Waals surface area contributed by atoms with Crippen LogP contribution in [0.4, 0.5) is 30.2 Å². The van der Waals surface area contributed by atoms with Crippen molar-refractivity contribution in [2.45, 2.75) is 57.2 Å². The van der Waals surface area contributed by atoms with Crippen LogP contribution in [-0.4, -0.2) is 39.3 Å². The van der Waals surface area contributed by atoms with E-state index in [0.717, 1.165) is 31.2 Å². The fraction of sp³-hybridized carbons (Fsp3) is 0.500. The summed E-state index contributed by atoms with van der Waals surface area (Å²) < 4.78 is 44.7. The van der Waals surface area contributed by atoms with Crippen LogP contribution in [0.2, 0.25) is 0 Å². The Bertz CT molecular complexity index is 1310. The number of anilines is 2. The van der Waals surface area contributed by atoms with Crippen LogP contribution >= 0.6 is 0 Å². The van der Waals surface area contributed by atoms with Crippen molar-refractivity contribution in [1.29, 1.82) is 0 Å². The summed E-state index contributed by atoms with van der Waals surface area (Å²) >= 11 is 0. The number of aliphatic hydroxyl groups excluding tert-OH is 1. The van der Waals surface area contributed by atoms with Crippen molar-refractivity contribution >= 4 is 28.1 Å². The van der Waals surface area contributed by atoms with E-state index in [4.69, 9.17) is 5.73 Å². The molecule has 0 bridgehead atoms. The van der Waals surface area contributed by atoms with Crippen molar-refractivity contribution in [3.8, 4) is 11.1 Å². The van der Waals surface area contributed by atoms with Gasteiger partial charge in [-0.15, -0.1) is 0 Å². The van der Waals surface area contributed by atoms with E-state index in [-0.39, 0.29) is 36.9 Å². The Balaban J connectivity index is 1.63. The number of nitrogens with two attached hydrogens (primary N) is 1. The van der Waals surface area contributed by atoms with Gasteiger partial charge in [0.2, 0.25) is 0 Å². The molecule has 2 fully saturated rings. The lowest BCUT2D eigenvalue weighted by Crippen LogP contribution is -2.36. The van der Waals surface area contributed by atoms with Crippen LogP contribution < -0.4 is 10.6 Å². The Morgan fingerprint density at radius 3 is 2.43 bits per heavy atom. The lowest BCUT2D eigenvalue weighted by Gasteiger charge is -2.35. The number of aromatic nitrogens is 2. The SMILES string of the molecule is Nc1c([N+](=O)[O-])c(-c2ccc3c(c2)ncn3C2CCCCC2)cc(N2CCC(CO)CC2)c1C(F)(F)F. The molecule has 1 aromatic heterocycles. The molecule has 3 N–H and O–H groups in total. The fourth-order valence-electron chi connectivity index (χ4n) is 5.85. The fourth-order valence-corrected chi connectivity index (χ4v) is 5.85. The van der Waals surface area contributed by atoms with Crippen LogP contribution in [0.1, 0.15) is 56.6 Å². The lowest BCUT2D eigenvalue weighted by atomic mass is 9.93. The Hall–Kier alpha value is -3.34. The predicted molar refractivity (Wildman–Crippen MR) is 135 cm³/mol. The van der Waals surface area contributed by atoms with Crippen LogP contribution in [0.5, 0.6) is 0 Å². The molecule has 0 unspecified atom stereocenters. The van der Waals surface area contributed by atoms with E-state index < -0.39 is 28.0 Å². The molecule has 5 rings (SSSR count). The van der Waals surface area contributed by atoms with E-state index in [1.54, 1.807) is 23.4 Å². The number of benzene rings is 2. The van der Waals surface area contributed by atoms with Gasteiger partial charge in [-0.1, -0.05) is 25.3 Å². The number of imidazole rings is 1. The number of hydrogen-bond donors (Lipinski definition) is 2. The number of nitro benzene ring substituents is 1. The second-order valence-electron chi connectivity index (χ2n) is 10.1. The minimum absolute atomic E-state index is 0.0159. The number of nitrogens with zero attached hydrogens (tertiary/aromatic N) is 4. The molecule has 11 heteroatoms. The zero-order valence-electron chi connectivity index (χ0n) is 20.4. The van der Waals surface area contributed by atoms with Gasteiger partial charge in [-0.2, -0.15) is 13.2 Å². The number of rotatable bonds is 5. The van der Waals surface area contributed by atoms with Crippen molar-refractivity contribution in [1.82, 2.24) is 9.55 Å². The topological polar surface area (TPSA) is 110 Å². The minimum Gasteiger partial charge on any atom is -0.396 e. The highest BCUT2D eigenvalue weighted by molar-refractivity contribution is 5.92. The number of halogens is 3. The summed E-state index contributed by atoms with van der Waals surface area (Å²) in [5, 5.41) is 21.5. The Morgan fingerprint density at radius 1 is 1.11 bits per heavy atom. The number of aliphatic hydroxyl groups is 1. The van der Waals surface area contributed by atoms with E-state index >= 15 is 0 Å². The maximum Gasteiger partial charge on any atom is 0.420 e. The van der Waals surface area contributed by atoms with Gasteiger partial charge in [0.05, 0.1) is 33.5 Å². The maximum atomic E-state index is 14.2. The van der Waals surface area contributed by atoms with E-state index in [1.807, 2.05) is 6.07 Å². The van der Waals surface area contributed by atoms with Gasteiger partial charge < -0.3 is 20.3 Å². The van der Waals surface area contributed by atoms with Gasteiger partial charge >= 0.3 is 11.9 Å². The third-order valence-electron chi connectivity index (χ3n) is 7.85. The standard InChI is InChI=1S/C26H30F3N5O3/c27-26(28,29)23-22(32-10-8-16(14-35)9-11-32)13-19(25(24(23)30)34(36)37)17-6-7-21-20(12-17)31-15-33(21)18-4-2-1-3-5-18/h6-7,12-13,15-16,18,35H,1-5,8-11,14,30H2. The quantitative estimate of drug-likeness (QED) is 0.247. The normalized spacial score (nSPS) is 18.0. The van der Waals surface area contributed by atoms with E-state index in [2.05, 4.69) is 9.55 Å². The van der Waals surface area contributed by atoms with Crippen molar-refractivity contribution < 1.29 is 23.2 Å². The predicted octanol–water partition coefficient (Wildman–Crippen LogP) is 5.93. The highest BCUT2D eigenvalue weighted by atomic mass is 19.4. The van der Waals surface area contributed by atoms with Crippen molar-refractivity contribution in [2.24, 2.45) is 5.92 Å². The molecule has 0 atom stereocenters. The molecule has 1 aliphatic heterocycles. The van der Waals surface area contributed by atoms with Crippen LogP contribution in [0.3, 0.4) is 0 Å². The molecule has 37 heavy (non-hydrogen) atoms. The number of fused-ring (bicyclic) bond motifs is 1. The molecular formula is C26H30F3N5O3. The van der Waals surface area contributed by atoms with E-state index in [9.17, 15) is 28.4 Å². The largest absolute Gasteiger partial charge is 0.420 e. The molecule has 2 aliphatic rings. The number of alkyl halides is 3. The van der Waals surface area contributed by atoms with Crippen LogP contribution in [0.15, 0.2) is 30.6 Å². The summed E-state index contributed by atoms with van der Waals surface area (Å²) in [4.78, 5) is 17.3. The summed E-state index contributed by atoms with van der Waals surface area (Å²) in [5.74, 6) is 0.0159. The number of nitro groups is 1. The zero-order chi connectivity index (χ0) is 26.3. The maximum absolute atomic E-state index is 14.2. The van der Waals surface area contributed by atoms with Crippen molar-refractivity contribution in [3.63, 3.8) is 0 Å². The Morgan fingerprint density at radius 2 is 1.81 bits per heavy atom. The van der Waals surface area contributed by atoms with Crippen LogP contribution in [-0.2, 0) is 6.18 Å².